The van der Waals surface area contributed by atoms with E-state index in [-0.39, 0.29) is 18.3 Å². The van der Waals surface area contributed by atoms with Gasteiger partial charge in [0.15, 0.2) is 18.2 Å². The second-order valence-corrected chi connectivity index (χ2v) is 7.21. The Balaban J connectivity index is 1.93. The highest BCUT2D eigenvalue weighted by Crippen LogP contribution is 2.41. The number of hydrogen-bond acceptors (Lipinski definition) is 8. The van der Waals surface area contributed by atoms with Crippen LogP contribution in [0.5, 0.6) is 0 Å². The molecular formula is C16H28N4O5. The van der Waals surface area contributed by atoms with Gasteiger partial charge in [0, 0.05) is 6.42 Å². The summed E-state index contributed by atoms with van der Waals surface area (Å²) >= 11 is 0. The molecule has 2 aliphatic rings. The lowest BCUT2D eigenvalue weighted by molar-refractivity contribution is -0.155. The smallest absolute Gasteiger partial charge is 0.323 e. The van der Waals surface area contributed by atoms with E-state index in [4.69, 9.17) is 16.3 Å². The first-order valence-electron chi connectivity index (χ1n) is 8.64. The zero-order chi connectivity index (χ0) is 18.6. The van der Waals surface area contributed by atoms with Gasteiger partial charge in [0.1, 0.15) is 6.04 Å². The zero-order valence-electron chi connectivity index (χ0n) is 14.4. The number of carbonyl (C=O) groups is 2. The number of rotatable bonds is 6. The molecule has 142 valence electrons. The number of nitrogens with one attached hydrogen (secondary N) is 1. The molecule has 2 fully saturated rings. The van der Waals surface area contributed by atoms with E-state index < -0.39 is 29.7 Å². The highest BCUT2D eigenvalue weighted by molar-refractivity contribution is 5.86. The largest absolute Gasteiger partial charge is 0.454 e. The van der Waals surface area contributed by atoms with Crippen LogP contribution in [-0.2, 0) is 14.3 Å². The quantitative estimate of drug-likeness (QED) is 0.0755. The van der Waals surface area contributed by atoms with Gasteiger partial charge in [-0.2, -0.15) is 5.10 Å². The molecule has 9 nitrogen and oxygen atoms in total. The van der Waals surface area contributed by atoms with Gasteiger partial charge >= 0.3 is 5.97 Å². The molecule has 1 heterocycles. The molecule has 9 heteroatoms. The molecule has 1 saturated heterocycles. The Kier molecular flexibility index (Phi) is 6.36. The number of fused-ring (bicyclic) bond motifs is 1. The number of hydrogen-bond donors (Lipinski definition) is 5. The number of piperidine rings is 1. The van der Waals surface area contributed by atoms with E-state index in [1.54, 1.807) is 0 Å². The molecule has 25 heavy (non-hydrogen) atoms. The molecular weight excluding hydrogens is 328 g/mol. The fraction of sp³-hybridized carbons (Fsp3) is 0.812. The van der Waals surface area contributed by atoms with Gasteiger partial charge in [0.25, 0.3) is 0 Å². The first kappa shape index (κ1) is 19.6. The second kappa shape index (κ2) is 8.11. The van der Waals surface area contributed by atoms with Crippen molar-refractivity contribution in [1.82, 2.24) is 5.32 Å². The number of carbonyl (C=O) groups excluding carboxylic acids is 2. The van der Waals surface area contributed by atoms with Crippen LogP contribution in [0.1, 0.15) is 39.0 Å². The molecule has 0 aromatic rings. The predicted octanol–water partition coefficient (Wildman–Crippen LogP) is -1.19. The van der Waals surface area contributed by atoms with Crippen molar-refractivity contribution >= 4 is 18.1 Å². The second-order valence-electron chi connectivity index (χ2n) is 7.21. The molecule has 0 aromatic carbocycles. The lowest BCUT2D eigenvalue weighted by Crippen LogP contribution is -2.51. The Morgan fingerprint density at radius 2 is 2.12 bits per heavy atom. The van der Waals surface area contributed by atoms with Crippen LogP contribution < -0.4 is 16.9 Å². The van der Waals surface area contributed by atoms with E-state index in [1.807, 2.05) is 0 Å². The van der Waals surface area contributed by atoms with Crippen molar-refractivity contribution in [2.24, 2.45) is 34.4 Å². The van der Waals surface area contributed by atoms with Gasteiger partial charge in [-0.3, -0.25) is 9.59 Å². The molecule has 1 aliphatic carbocycles. The SMILES string of the molecule is CC(C=O)OC(=O)C1CC2CC(CC(O)(O)/C(N)=N/N)CCC2CN1. The van der Waals surface area contributed by atoms with Gasteiger partial charge in [-0.25, -0.2) is 0 Å². The Morgan fingerprint density at radius 1 is 1.40 bits per heavy atom. The van der Waals surface area contributed by atoms with Crippen LogP contribution in [-0.4, -0.2) is 52.8 Å². The molecule has 0 bridgehead atoms. The van der Waals surface area contributed by atoms with E-state index in [0.29, 0.717) is 25.2 Å². The van der Waals surface area contributed by atoms with E-state index in [9.17, 15) is 19.8 Å². The van der Waals surface area contributed by atoms with E-state index in [0.717, 1.165) is 19.3 Å². The van der Waals surface area contributed by atoms with Gasteiger partial charge in [0.05, 0.1) is 0 Å². The molecule has 0 amide bonds. The van der Waals surface area contributed by atoms with Crippen molar-refractivity contribution in [3.63, 3.8) is 0 Å². The molecule has 1 aliphatic heterocycles. The van der Waals surface area contributed by atoms with Gasteiger partial charge < -0.3 is 31.8 Å². The Bertz CT molecular complexity index is 525. The summed E-state index contributed by atoms with van der Waals surface area (Å²) in [6, 6.07) is -0.439. The summed E-state index contributed by atoms with van der Waals surface area (Å²) in [4.78, 5) is 22.7. The summed E-state index contributed by atoms with van der Waals surface area (Å²) in [5.74, 6) is 2.77. The molecule has 7 N–H and O–H groups in total. The van der Waals surface area contributed by atoms with Crippen LogP contribution in [0.4, 0.5) is 0 Å². The standard InChI is InChI=1S/C16H28N4O5/c1-9(8-21)25-14(22)13-5-12-4-10(2-3-11(12)7-19-13)6-16(23,24)15(17)20-18/h8-13,19,23-24H,2-7,18H2,1H3,(H2,17,20). The van der Waals surface area contributed by atoms with Crippen molar-refractivity contribution in [1.29, 1.82) is 0 Å². The number of hydrazone groups is 1. The van der Waals surface area contributed by atoms with Gasteiger partial charge in [-0.15, -0.1) is 0 Å². The maximum absolute atomic E-state index is 12.1. The van der Waals surface area contributed by atoms with Crippen LogP contribution in [0, 0.1) is 17.8 Å². The predicted molar refractivity (Wildman–Crippen MR) is 89.9 cm³/mol. The van der Waals surface area contributed by atoms with Crippen LogP contribution >= 0.6 is 0 Å². The summed E-state index contributed by atoms with van der Waals surface area (Å²) in [5, 5.41) is 26.4. The van der Waals surface area contributed by atoms with Gasteiger partial charge in [-0.1, -0.05) is 0 Å². The zero-order valence-corrected chi connectivity index (χ0v) is 14.4. The van der Waals surface area contributed by atoms with Crippen molar-refractivity contribution in [3.05, 3.63) is 0 Å². The number of aliphatic hydroxyl groups is 2. The lowest BCUT2D eigenvalue weighted by Gasteiger charge is -2.43. The summed E-state index contributed by atoms with van der Waals surface area (Å²) in [6.07, 6.45) is 3.05. The highest BCUT2D eigenvalue weighted by Gasteiger charge is 2.41. The number of ether oxygens (including phenoxy) is 1. The molecule has 5 atom stereocenters. The fourth-order valence-electron chi connectivity index (χ4n) is 3.93. The van der Waals surface area contributed by atoms with Crippen molar-refractivity contribution < 1.29 is 24.5 Å². The molecule has 0 aromatic heterocycles. The minimum Gasteiger partial charge on any atom is -0.454 e. The average Bonchev–Trinajstić information content (AvgIpc) is 2.59. The normalized spacial score (nSPS) is 31.7. The van der Waals surface area contributed by atoms with Crippen LogP contribution in [0.15, 0.2) is 5.10 Å². The first-order valence-corrected chi connectivity index (χ1v) is 8.64. The van der Waals surface area contributed by atoms with Crippen LogP contribution in [0.2, 0.25) is 0 Å². The van der Waals surface area contributed by atoms with Gasteiger partial charge in [0.2, 0.25) is 5.79 Å². The van der Waals surface area contributed by atoms with Crippen LogP contribution in [0.25, 0.3) is 0 Å². The summed E-state index contributed by atoms with van der Waals surface area (Å²) < 4.78 is 5.08. The van der Waals surface area contributed by atoms with Crippen molar-refractivity contribution in [2.45, 2.75) is 57.0 Å². The number of nitrogens with two attached hydrogens (primary N) is 2. The van der Waals surface area contributed by atoms with Crippen molar-refractivity contribution in [2.75, 3.05) is 6.54 Å². The third kappa shape index (κ3) is 4.90. The number of nitrogens with zero attached hydrogens (tertiary/aromatic N) is 1. The van der Waals surface area contributed by atoms with E-state index >= 15 is 0 Å². The van der Waals surface area contributed by atoms with Crippen molar-refractivity contribution in [3.8, 4) is 0 Å². The number of aldehydes is 1. The lowest BCUT2D eigenvalue weighted by atomic mass is 9.68. The third-order valence-corrected chi connectivity index (χ3v) is 5.31. The Morgan fingerprint density at radius 3 is 2.76 bits per heavy atom. The summed E-state index contributed by atoms with van der Waals surface area (Å²) in [5.41, 5.74) is 5.45. The molecule has 0 spiro atoms. The topological polar surface area (TPSA) is 160 Å². The Hall–Kier alpha value is -1.71. The molecule has 0 radical (unpaired) electrons. The monoisotopic (exact) mass is 356 g/mol. The third-order valence-electron chi connectivity index (χ3n) is 5.31. The van der Waals surface area contributed by atoms with Gasteiger partial charge in [-0.05, 0) is 56.9 Å². The van der Waals surface area contributed by atoms with Crippen LogP contribution in [0.3, 0.4) is 0 Å². The number of esters is 1. The molecule has 5 unspecified atom stereocenters. The Labute approximate surface area is 146 Å². The maximum Gasteiger partial charge on any atom is 0.323 e. The molecule has 2 rings (SSSR count). The first-order chi connectivity index (χ1) is 11.8. The number of amidine groups is 1. The molecule has 1 saturated carbocycles. The average molecular weight is 356 g/mol. The van der Waals surface area contributed by atoms with E-state index in [1.165, 1.54) is 6.92 Å². The minimum atomic E-state index is -2.21. The van der Waals surface area contributed by atoms with E-state index in [2.05, 4.69) is 10.4 Å². The fourth-order valence-corrected chi connectivity index (χ4v) is 3.93. The highest BCUT2D eigenvalue weighted by atomic mass is 16.5. The summed E-state index contributed by atoms with van der Waals surface area (Å²) in [7, 11) is 0. The summed E-state index contributed by atoms with van der Waals surface area (Å²) in [6.45, 7) is 2.24. The maximum atomic E-state index is 12.1. The minimum absolute atomic E-state index is 0.0558.